The topological polar surface area (TPSA) is 26.0 Å². The van der Waals surface area contributed by atoms with Crippen molar-refractivity contribution in [3.63, 3.8) is 0 Å². The minimum Gasteiger partial charge on any atom is -0.330 e. The first kappa shape index (κ1) is 10.7. The van der Waals surface area contributed by atoms with Crippen molar-refractivity contribution in [1.29, 1.82) is 0 Å². The van der Waals surface area contributed by atoms with Gasteiger partial charge in [0.25, 0.3) is 0 Å². The second-order valence-electron chi connectivity index (χ2n) is 3.55. The van der Waals surface area contributed by atoms with Crippen LogP contribution in [0.3, 0.4) is 0 Å². The van der Waals surface area contributed by atoms with E-state index in [1.807, 2.05) is 0 Å². The lowest BCUT2D eigenvalue weighted by molar-refractivity contribution is 0.857. The molecule has 0 amide bonds. The molecule has 72 valence electrons. The fourth-order valence-corrected chi connectivity index (χ4v) is 2.25. The molecule has 1 aromatic rings. The molecule has 0 heterocycles. The molecule has 1 nitrogen and oxygen atoms in total. The molecule has 0 aromatic heterocycles. The van der Waals surface area contributed by atoms with Crippen LogP contribution in [0.4, 0.5) is 0 Å². The van der Waals surface area contributed by atoms with Crippen molar-refractivity contribution in [3.8, 4) is 0 Å². The van der Waals surface area contributed by atoms with E-state index in [4.69, 9.17) is 5.73 Å². The maximum atomic E-state index is 5.49. The number of halogens is 1. The van der Waals surface area contributed by atoms with Crippen molar-refractivity contribution in [2.24, 2.45) is 5.73 Å². The zero-order valence-electron chi connectivity index (χ0n) is 8.18. The third kappa shape index (κ3) is 2.82. The van der Waals surface area contributed by atoms with Crippen molar-refractivity contribution < 1.29 is 0 Å². The molecule has 2 N–H and O–H groups in total. The van der Waals surface area contributed by atoms with Crippen LogP contribution in [-0.4, -0.2) is 6.54 Å². The Kier molecular flexibility index (Phi) is 3.94. The lowest BCUT2D eigenvalue weighted by Gasteiger charge is -2.09. The Morgan fingerprint density at radius 1 is 1.38 bits per heavy atom. The summed E-state index contributed by atoms with van der Waals surface area (Å²) in [5, 5.41) is 0. The molecular weight excluding hydrogens is 226 g/mol. The van der Waals surface area contributed by atoms with Crippen molar-refractivity contribution in [2.75, 3.05) is 6.54 Å². The largest absolute Gasteiger partial charge is 0.330 e. The van der Waals surface area contributed by atoms with E-state index in [0.717, 1.165) is 6.42 Å². The Morgan fingerprint density at radius 3 is 2.54 bits per heavy atom. The van der Waals surface area contributed by atoms with Gasteiger partial charge in [0.2, 0.25) is 0 Å². The van der Waals surface area contributed by atoms with Crippen LogP contribution in [-0.2, 0) is 6.42 Å². The van der Waals surface area contributed by atoms with Crippen molar-refractivity contribution >= 4 is 15.9 Å². The Morgan fingerprint density at radius 2 is 2.08 bits per heavy atom. The summed E-state index contributed by atoms with van der Waals surface area (Å²) in [6, 6.07) is 6.51. The van der Waals surface area contributed by atoms with Gasteiger partial charge in [-0.3, -0.25) is 0 Å². The van der Waals surface area contributed by atoms with Gasteiger partial charge in [0.15, 0.2) is 0 Å². The van der Waals surface area contributed by atoms with Gasteiger partial charge in [-0.25, -0.2) is 0 Å². The monoisotopic (exact) mass is 241 g/mol. The molecule has 1 rings (SSSR count). The number of hydrogen-bond acceptors (Lipinski definition) is 1. The molecule has 0 bridgehead atoms. The molecule has 13 heavy (non-hydrogen) atoms. The quantitative estimate of drug-likeness (QED) is 0.866. The standard InChI is InChI=1S/C11H16BrN/c1-8(2)10-4-3-9(5-6-13)7-11(10)12/h3-4,7-8H,5-6,13H2,1-2H3. The Balaban J connectivity index is 2.92. The van der Waals surface area contributed by atoms with E-state index >= 15 is 0 Å². The Labute approximate surface area is 88.5 Å². The molecular formula is C11H16BrN. The first-order chi connectivity index (χ1) is 6.15. The number of benzene rings is 1. The van der Waals surface area contributed by atoms with Gasteiger partial charge >= 0.3 is 0 Å². The summed E-state index contributed by atoms with van der Waals surface area (Å²) in [5.74, 6) is 0.571. The van der Waals surface area contributed by atoms with E-state index in [2.05, 4.69) is 48.0 Å². The zero-order valence-corrected chi connectivity index (χ0v) is 9.76. The predicted molar refractivity (Wildman–Crippen MR) is 61.0 cm³/mol. The van der Waals surface area contributed by atoms with Crippen LogP contribution in [0.2, 0.25) is 0 Å². The molecule has 0 fully saturated rings. The Hall–Kier alpha value is -0.340. The fourth-order valence-electron chi connectivity index (χ4n) is 1.36. The average molecular weight is 242 g/mol. The van der Waals surface area contributed by atoms with Gasteiger partial charge < -0.3 is 5.73 Å². The fraction of sp³-hybridized carbons (Fsp3) is 0.455. The van der Waals surface area contributed by atoms with Crippen LogP contribution in [0.25, 0.3) is 0 Å². The van der Waals surface area contributed by atoms with Gasteiger partial charge in [-0.15, -0.1) is 0 Å². The summed E-state index contributed by atoms with van der Waals surface area (Å²) < 4.78 is 1.20. The predicted octanol–water partition coefficient (Wildman–Crippen LogP) is 3.07. The molecule has 0 aliphatic carbocycles. The number of hydrogen-bond donors (Lipinski definition) is 1. The highest BCUT2D eigenvalue weighted by Gasteiger charge is 2.04. The van der Waals surface area contributed by atoms with Gasteiger partial charge in [-0.2, -0.15) is 0 Å². The van der Waals surface area contributed by atoms with E-state index < -0.39 is 0 Å². The molecule has 0 unspecified atom stereocenters. The van der Waals surface area contributed by atoms with Crippen LogP contribution >= 0.6 is 15.9 Å². The zero-order chi connectivity index (χ0) is 9.84. The second-order valence-corrected chi connectivity index (χ2v) is 4.40. The summed E-state index contributed by atoms with van der Waals surface area (Å²) in [6.07, 6.45) is 0.955. The van der Waals surface area contributed by atoms with E-state index in [-0.39, 0.29) is 0 Å². The minimum atomic E-state index is 0.571. The van der Waals surface area contributed by atoms with Gasteiger partial charge in [-0.1, -0.05) is 41.9 Å². The third-order valence-electron chi connectivity index (χ3n) is 2.12. The first-order valence-electron chi connectivity index (χ1n) is 4.63. The molecule has 0 atom stereocenters. The molecule has 0 saturated heterocycles. The summed E-state index contributed by atoms with van der Waals surface area (Å²) in [4.78, 5) is 0. The van der Waals surface area contributed by atoms with Crippen molar-refractivity contribution in [3.05, 3.63) is 33.8 Å². The van der Waals surface area contributed by atoms with Crippen LogP contribution in [0.1, 0.15) is 30.9 Å². The molecule has 0 radical (unpaired) electrons. The van der Waals surface area contributed by atoms with Crippen LogP contribution in [0.5, 0.6) is 0 Å². The molecule has 2 heteroatoms. The average Bonchev–Trinajstić information content (AvgIpc) is 2.04. The third-order valence-corrected chi connectivity index (χ3v) is 2.81. The van der Waals surface area contributed by atoms with Gasteiger partial charge in [0.1, 0.15) is 0 Å². The molecule has 0 aliphatic rings. The Bertz CT molecular complexity index is 281. The molecule has 1 aromatic carbocycles. The normalized spacial score (nSPS) is 10.8. The minimum absolute atomic E-state index is 0.571. The maximum absolute atomic E-state index is 5.49. The van der Waals surface area contributed by atoms with E-state index in [1.54, 1.807) is 0 Å². The smallest absolute Gasteiger partial charge is 0.0212 e. The maximum Gasteiger partial charge on any atom is 0.0212 e. The van der Waals surface area contributed by atoms with Crippen LogP contribution in [0.15, 0.2) is 22.7 Å². The highest BCUT2D eigenvalue weighted by molar-refractivity contribution is 9.10. The highest BCUT2D eigenvalue weighted by Crippen LogP contribution is 2.25. The van der Waals surface area contributed by atoms with E-state index in [1.165, 1.54) is 15.6 Å². The second kappa shape index (κ2) is 4.77. The van der Waals surface area contributed by atoms with Gasteiger partial charge in [0.05, 0.1) is 0 Å². The number of nitrogens with two attached hydrogens (primary N) is 1. The van der Waals surface area contributed by atoms with E-state index in [9.17, 15) is 0 Å². The number of rotatable bonds is 3. The van der Waals surface area contributed by atoms with Gasteiger partial charge in [0, 0.05) is 4.47 Å². The van der Waals surface area contributed by atoms with E-state index in [0.29, 0.717) is 12.5 Å². The van der Waals surface area contributed by atoms with Crippen LogP contribution < -0.4 is 5.73 Å². The lowest BCUT2D eigenvalue weighted by atomic mass is 10.0. The van der Waals surface area contributed by atoms with Crippen molar-refractivity contribution in [1.82, 2.24) is 0 Å². The van der Waals surface area contributed by atoms with Crippen LogP contribution in [0, 0.1) is 0 Å². The molecule has 0 spiro atoms. The summed E-state index contributed by atoms with van der Waals surface area (Å²) in [5.41, 5.74) is 8.16. The summed E-state index contributed by atoms with van der Waals surface area (Å²) in [6.45, 7) is 5.11. The lowest BCUT2D eigenvalue weighted by Crippen LogP contribution is -2.03. The molecule has 0 aliphatic heterocycles. The highest BCUT2D eigenvalue weighted by atomic mass is 79.9. The summed E-state index contributed by atoms with van der Waals surface area (Å²) >= 11 is 3.58. The van der Waals surface area contributed by atoms with Gasteiger partial charge in [-0.05, 0) is 36.1 Å². The SMILES string of the molecule is CC(C)c1ccc(CCN)cc1Br. The first-order valence-corrected chi connectivity index (χ1v) is 5.43. The molecule has 0 saturated carbocycles. The summed E-state index contributed by atoms with van der Waals surface area (Å²) in [7, 11) is 0. The van der Waals surface area contributed by atoms with Crippen molar-refractivity contribution in [2.45, 2.75) is 26.2 Å².